The second-order valence-corrected chi connectivity index (χ2v) is 7.28. The summed E-state index contributed by atoms with van der Waals surface area (Å²) in [5, 5.41) is 2.15. The molecule has 0 atom stereocenters. The molecule has 0 aromatic heterocycles. The van der Waals surface area contributed by atoms with Crippen molar-refractivity contribution in [3.05, 3.63) is 83.0 Å². The fourth-order valence-electron chi connectivity index (χ4n) is 2.75. The molecule has 0 N–H and O–H groups in total. The summed E-state index contributed by atoms with van der Waals surface area (Å²) >= 11 is 6.62. The van der Waals surface area contributed by atoms with Gasteiger partial charge in [-0.15, -0.1) is 0 Å². The highest BCUT2D eigenvalue weighted by Crippen LogP contribution is 2.37. The number of hydrogen-bond acceptors (Lipinski definition) is 3. The summed E-state index contributed by atoms with van der Waals surface area (Å²) < 4.78 is 13.8. The van der Waals surface area contributed by atoms with Crippen LogP contribution in [0.15, 0.2) is 71.6 Å². The molecular weight excluding hydrogens is 353 g/mol. The number of thiocarbonyl (C=S) groups is 1. The maximum Gasteiger partial charge on any atom is 0.270 e. The first-order chi connectivity index (χ1) is 12.1. The first-order valence-corrected chi connectivity index (χ1v) is 8.87. The number of halogens is 1. The Morgan fingerprint density at radius 2 is 1.76 bits per heavy atom. The van der Waals surface area contributed by atoms with Crippen molar-refractivity contribution in [3.8, 4) is 0 Å². The van der Waals surface area contributed by atoms with Crippen molar-refractivity contribution in [2.75, 3.05) is 4.90 Å². The van der Waals surface area contributed by atoms with Crippen LogP contribution in [0.5, 0.6) is 0 Å². The number of nitrogens with zero attached hydrogens (tertiary/aromatic N) is 1. The van der Waals surface area contributed by atoms with Crippen molar-refractivity contribution in [2.45, 2.75) is 0 Å². The van der Waals surface area contributed by atoms with Crippen molar-refractivity contribution in [2.24, 2.45) is 0 Å². The molecule has 3 aromatic carbocycles. The maximum atomic E-state index is 13.3. The van der Waals surface area contributed by atoms with Crippen LogP contribution in [-0.2, 0) is 4.79 Å². The van der Waals surface area contributed by atoms with Crippen LogP contribution in [0.25, 0.3) is 16.8 Å². The summed E-state index contributed by atoms with van der Waals surface area (Å²) in [4.78, 5) is 14.8. The van der Waals surface area contributed by atoms with Crippen LogP contribution in [-0.4, -0.2) is 10.2 Å². The number of fused-ring (bicyclic) bond motifs is 1. The number of carbonyl (C=O) groups is 1. The highest BCUT2D eigenvalue weighted by Gasteiger charge is 2.33. The standard InChI is InChI=1S/C20H12FNOS2/c21-16-7-3-4-13(10-16)11-18-19(23)22(20(24)25-18)17-9-8-14-5-1-2-6-15(14)12-17/h1-12H/b18-11-. The van der Waals surface area contributed by atoms with Gasteiger partial charge in [-0.05, 0) is 46.7 Å². The summed E-state index contributed by atoms with van der Waals surface area (Å²) in [6.07, 6.45) is 1.67. The number of carbonyl (C=O) groups excluding carboxylic acids is 1. The van der Waals surface area contributed by atoms with Crippen molar-refractivity contribution < 1.29 is 9.18 Å². The van der Waals surface area contributed by atoms with Crippen LogP contribution in [0.2, 0.25) is 0 Å². The number of benzene rings is 3. The molecule has 0 bridgehead atoms. The molecule has 122 valence electrons. The van der Waals surface area contributed by atoms with E-state index >= 15 is 0 Å². The number of thioether (sulfide) groups is 1. The van der Waals surface area contributed by atoms with Gasteiger partial charge in [-0.3, -0.25) is 9.69 Å². The van der Waals surface area contributed by atoms with E-state index in [0.717, 1.165) is 16.5 Å². The molecule has 1 heterocycles. The topological polar surface area (TPSA) is 20.3 Å². The zero-order chi connectivity index (χ0) is 17.4. The fourth-order valence-corrected chi connectivity index (χ4v) is 4.05. The summed E-state index contributed by atoms with van der Waals surface area (Å²) in [5.41, 5.74) is 1.38. The van der Waals surface area contributed by atoms with Crippen molar-refractivity contribution in [3.63, 3.8) is 0 Å². The van der Waals surface area contributed by atoms with Gasteiger partial charge < -0.3 is 0 Å². The predicted octanol–water partition coefficient (Wildman–Crippen LogP) is 5.38. The summed E-state index contributed by atoms with van der Waals surface area (Å²) in [6.45, 7) is 0. The molecule has 2 nitrogen and oxygen atoms in total. The van der Waals surface area contributed by atoms with E-state index in [4.69, 9.17) is 12.2 Å². The third-order valence-electron chi connectivity index (χ3n) is 3.93. The van der Waals surface area contributed by atoms with E-state index in [1.54, 1.807) is 18.2 Å². The Hall–Kier alpha value is -2.50. The van der Waals surface area contributed by atoms with Crippen LogP contribution in [0, 0.1) is 5.82 Å². The van der Waals surface area contributed by atoms with Crippen molar-refractivity contribution in [1.29, 1.82) is 0 Å². The second kappa shape index (κ2) is 6.43. The van der Waals surface area contributed by atoms with Gasteiger partial charge in [-0.2, -0.15) is 0 Å². The molecule has 0 aliphatic carbocycles. The van der Waals surface area contributed by atoms with Crippen molar-refractivity contribution in [1.82, 2.24) is 0 Å². The normalized spacial score (nSPS) is 16.2. The van der Waals surface area contributed by atoms with E-state index in [0.29, 0.717) is 14.8 Å². The van der Waals surface area contributed by atoms with Crippen LogP contribution in [0.3, 0.4) is 0 Å². The molecule has 1 aliphatic heterocycles. The third-order valence-corrected chi connectivity index (χ3v) is 5.23. The van der Waals surface area contributed by atoms with Gasteiger partial charge in [-0.25, -0.2) is 4.39 Å². The van der Waals surface area contributed by atoms with Crippen LogP contribution >= 0.6 is 24.0 Å². The van der Waals surface area contributed by atoms with E-state index in [1.165, 1.54) is 28.8 Å². The van der Waals surface area contributed by atoms with Gasteiger partial charge in [0.15, 0.2) is 4.32 Å². The largest absolute Gasteiger partial charge is 0.270 e. The lowest BCUT2D eigenvalue weighted by molar-refractivity contribution is -0.113. The third kappa shape index (κ3) is 3.08. The molecular formula is C20H12FNOS2. The fraction of sp³-hybridized carbons (Fsp3) is 0. The summed E-state index contributed by atoms with van der Waals surface area (Å²) in [7, 11) is 0. The smallest absolute Gasteiger partial charge is 0.268 e. The molecule has 0 spiro atoms. The molecule has 4 rings (SSSR count). The molecule has 1 fully saturated rings. The molecule has 1 amide bonds. The minimum absolute atomic E-state index is 0.186. The molecule has 0 unspecified atom stereocenters. The van der Waals surface area contributed by atoms with Gasteiger partial charge in [0.25, 0.3) is 5.91 Å². The molecule has 1 saturated heterocycles. The number of amides is 1. The quantitative estimate of drug-likeness (QED) is 0.449. The lowest BCUT2D eigenvalue weighted by Gasteiger charge is -2.15. The second-order valence-electron chi connectivity index (χ2n) is 5.60. The Morgan fingerprint density at radius 1 is 0.960 bits per heavy atom. The number of rotatable bonds is 2. The average molecular weight is 365 g/mol. The minimum atomic E-state index is -0.334. The van der Waals surface area contributed by atoms with E-state index < -0.39 is 0 Å². The lowest BCUT2D eigenvalue weighted by Crippen LogP contribution is -2.27. The number of hydrogen-bond donors (Lipinski definition) is 0. The molecule has 3 aromatic rings. The Kier molecular flexibility index (Phi) is 4.11. The summed E-state index contributed by atoms with van der Waals surface area (Å²) in [6, 6.07) is 19.9. The van der Waals surface area contributed by atoms with Gasteiger partial charge in [0.2, 0.25) is 0 Å². The van der Waals surface area contributed by atoms with Crippen molar-refractivity contribution >= 4 is 56.7 Å². The van der Waals surface area contributed by atoms with E-state index in [2.05, 4.69) is 0 Å². The maximum absolute atomic E-state index is 13.3. The molecule has 0 saturated carbocycles. The molecule has 1 aliphatic rings. The Labute approximate surface area is 154 Å². The summed E-state index contributed by atoms with van der Waals surface area (Å²) in [5.74, 6) is -0.520. The minimum Gasteiger partial charge on any atom is -0.268 e. The van der Waals surface area contributed by atoms with Gasteiger partial charge in [0.1, 0.15) is 5.82 Å². The first kappa shape index (κ1) is 16.0. The van der Waals surface area contributed by atoms with Crippen LogP contribution in [0.1, 0.15) is 5.56 Å². The predicted molar refractivity (Wildman–Crippen MR) is 106 cm³/mol. The number of anilines is 1. The van der Waals surface area contributed by atoms with Gasteiger partial charge in [0, 0.05) is 0 Å². The van der Waals surface area contributed by atoms with Crippen LogP contribution in [0.4, 0.5) is 10.1 Å². The van der Waals surface area contributed by atoms with Crippen LogP contribution < -0.4 is 4.90 Å². The van der Waals surface area contributed by atoms with E-state index in [1.807, 2.05) is 42.5 Å². The Morgan fingerprint density at radius 3 is 2.56 bits per heavy atom. The molecule has 5 heteroatoms. The molecule has 0 radical (unpaired) electrons. The van der Waals surface area contributed by atoms with E-state index in [9.17, 15) is 9.18 Å². The monoisotopic (exact) mass is 365 g/mol. The van der Waals surface area contributed by atoms with Gasteiger partial charge >= 0.3 is 0 Å². The zero-order valence-electron chi connectivity index (χ0n) is 13.0. The van der Waals surface area contributed by atoms with Gasteiger partial charge in [0.05, 0.1) is 10.6 Å². The Balaban J connectivity index is 1.71. The highest BCUT2D eigenvalue weighted by atomic mass is 32.2. The highest BCUT2D eigenvalue weighted by molar-refractivity contribution is 8.27. The molecule has 25 heavy (non-hydrogen) atoms. The zero-order valence-corrected chi connectivity index (χ0v) is 14.6. The average Bonchev–Trinajstić information content (AvgIpc) is 2.88. The lowest BCUT2D eigenvalue weighted by atomic mass is 10.1. The SMILES string of the molecule is O=C1/C(=C/c2cccc(F)c2)SC(=S)N1c1ccc2ccccc2c1. The van der Waals surface area contributed by atoms with Gasteiger partial charge in [-0.1, -0.05) is 66.4 Å². The Bertz CT molecular complexity index is 1040. The first-order valence-electron chi connectivity index (χ1n) is 7.64. The van der Waals surface area contributed by atoms with E-state index in [-0.39, 0.29) is 11.7 Å².